The van der Waals surface area contributed by atoms with Gasteiger partial charge in [0.2, 0.25) is 0 Å². The molecule has 1 unspecified atom stereocenters. The zero-order valence-electron chi connectivity index (χ0n) is 10.6. The SMILES string of the molecule is Cn1ncc2c(N3CCC(N)C3)c(C(=O)O)cnc21. The van der Waals surface area contributed by atoms with Crippen LogP contribution < -0.4 is 10.6 Å². The highest BCUT2D eigenvalue weighted by Crippen LogP contribution is 2.31. The molecule has 1 fully saturated rings. The van der Waals surface area contributed by atoms with Gasteiger partial charge in [0.05, 0.1) is 17.3 Å². The fraction of sp³-hybridized carbons (Fsp3) is 0.417. The summed E-state index contributed by atoms with van der Waals surface area (Å²) in [5.74, 6) is -0.978. The largest absolute Gasteiger partial charge is 0.478 e. The summed E-state index contributed by atoms with van der Waals surface area (Å²) in [6.45, 7) is 1.42. The lowest BCUT2D eigenvalue weighted by molar-refractivity contribution is 0.0697. The molecule has 0 spiro atoms. The number of nitrogens with zero attached hydrogens (tertiary/aromatic N) is 4. The van der Waals surface area contributed by atoms with Crippen LogP contribution in [0, 0.1) is 0 Å². The van der Waals surface area contributed by atoms with Crippen molar-refractivity contribution in [1.82, 2.24) is 14.8 Å². The van der Waals surface area contributed by atoms with E-state index in [1.54, 1.807) is 17.9 Å². The molecule has 0 saturated carbocycles. The van der Waals surface area contributed by atoms with Crippen molar-refractivity contribution in [2.75, 3.05) is 18.0 Å². The van der Waals surface area contributed by atoms with Crippen LogP contribution in [-0.4, -0.2) is 45.0 Å². The second-order valence-electron chi connectivity index (χ2n) is 4.83. The van der Waals surface area contributed by atoms with Gasteiger partial charge >= 0.3 is 5.97 Å². The summed E-state index contributed by atoms with van der Waals surface area (Å²) < 4.78 is 1.64. The van der Waals surface area contributed by atoms with Gasteiger partial charge in [0, 0.05) is 32.4 Å². The molecule has 3 N–H and O–H groups in total. The molecule has 0 bridgehead atoms. The van der Waals surface area contributed by atoms with Crippen LogP contribution in [0.5, 0.6) is 0 Å². The van der Waals surface area contributed by atoms with Crippen molar-refractivity contribution in [1.29, 1.82) is 0 Å². The summed E-state index contributed by atoms with van der Waals surface area (Å²) >= 11 is 0. The van der Waals surface area contributed by atoms with Crippen molar-refractivity contribution >= 4 is 22.7 Å². The minimum atomic E-state index is -0.978. The monoisotopic (exact) mass is 261 g/mol. The van der Waals surface area contributed by atoms with Crippen molar-refractivity contribution < 1.29 is 9.90 Å². The maximum Gasteiger partial charge on any atom is 0.339 e. The van der Waals surface area contributed by atoms with Crippen LogP contribution in [0.4, 0.5) is 5.69 Å². The number of anilines is 1. The van der Waals surface area contributed by atoms with Gasteiger partial charge in [0.25, 0.3) is 0 Å². The van der Waals surface area contributed by atoms with Crippen LogP contribution in [0.25, 0.3) is 11.0 Å². The Bertz CT molecular complexity index is 651. The molecular formula is C12H15N5O2. The number of carbonyl (C=O) groups is 1. The Morgan fingerprint density at radius 1 is 1.53 bits per heavy atom. The van der Waals surface area contributed by atoms with Crippen molar-refractivity contribution in [3.63, 3.8) is 0 Å². The lowest BCUT2D eigenvalue weighted by Gasteiger charge is -2.20. The molecule has 2 aromatic heterocycles. The zero-order chi connectivity index (χ0) is 13.6. The van der Waals surface area contributed by atoms with Crippen LogP contribution >= 0.6 is 0 Å². The third-order valence-electron chi connectivity index (χ3n) is 3.50. The van der Waals surface area contributed by atoms with Crippen LogP contribution in [0.3, 0.4) is 0 Å². The lowest BCUT2D eigenvalue weighted by atomic mass is 10.1. The molecule has 0 radical (unpaired) electrons. The molecule has 7 nitrogen and oxygen atoms in total. The van der Waals surface area contributed by atoms with Gasteiger partial charge in [-0.25, -0.2) is 9.78 Å². The Balaban J connectivity index is 2.23. The van der Waals surface area contributed by atoms with Gasteiger partial charge in [0.15, 0.2) is 5.65 Å². The summed E-state index contributed by atoms with van der Waals surface area (Å²) in [5, 5.41) is 14.2. The topological polar surface area (TPSA) is 97.3 Å². The minimum absolute atomic E-state index is 0.0848. The van der Waals surface area contributed by atoms with Gasteiger partial charge in [0.1, 0.15) is 5.56 Å². The smallest absolute Gasteiger partial charge is 0.339 e. The van der Waals surface area contributed by atoms with E-state index >= 15 is 0 Å². The van der Waals surface area contributed by atoms with E-state index in [4.69, 9.17) is 5.73 Å². The van der Waals surface area contributed by atoms with Crippen LogP contribution in [0.15, 0.2) is 12.4 Å². The van der Waals surface area contributed by atoms with Gasteiger partial charge in [-0.2, -0.15) is 5.10 Å². The predicted octanol–water partition coefficient (Wildman–Crippen LogP) is 0.204. The fourth-order valence-corrected chi connectivity index (χ4v) is 2.57. The van der Waals surface area contributed by atoms with Crippen LogP contribution in [0.1, 0.15) is 16.8 Å². The number of rotatable bonds is 2. The number of aromatic carboxylic acids is 1. The summed E-state index contributed by atoms with van der Waals surface area (Å²) in [6, 6.07) is 0.0848. The first kappa shape index (κ1) is 11.9. The number of aryl methyl sites for hydroxylation is 1. The molecule has 3 heterocycles. The molecule has 0 aromatic carbocycles. The normalized spacial score (nSPS) is 19.3. The molecule has 1 aliphatic rings. The molecule has 2 aromatic rings. The van der Waals surface area contributed by atoms with Crippen molar-refractivity contribution in [2.45, 2.75) is 12.5 Å². The van der Waals surface area contributed by atoms with E-state index in [2.05, 4.69) is 10.1 Å². The van der Waals surface area contributed by atoms with Gasteiger partial charge < -0.3 is 15.7 Å². The summed E-state index contributed by atoms with van der Waals surface area (Å²) in [7, 11) is 1.79. The fourth-order valence-electron chi connectivity index (χ4n) is 2.57. The number of aromatic nitrogens is 3. The summed E-state index contributed by atoms with van der Waals surface area (Å²) in [6.07, 6.45) is 3.92. The van der Waals surface area contributed by atoms with E-state index in [-0.39, 0.29) is 11.6 Å². The second kappa shape index (κ2) is 4.20. The van der Waals surface area contributed by atoms with Gasteiger partial charge in [-0.15, -0.1) is 0 Å². The predicted molar refractivity (Wildman–Crippen MR) is 70.3 cm³/mol. The van der Waals surface area contributed by atoms with E-state index in [1.165, 1.54) is 6.20 Å². The minimum Gasteiger partial charge on any atom is -0.478 e. The summed E-state index contributed by atoms with van der Waals surface area (Å²) in [4.78, 5) is 17.6. The van der Waals surface area contributed by atoms with Gasteiger partial charge in [-0.3, -0.25) is 4.68 Å². The number of carboxylic acids is 1. The molecule has 19 heavy (non-hydrogen) atoms. The average molecular weight is 261 g/mol. The summed E-state index contributed by atoms with van der Waals surface area (Å²) in [5.41, 5.74) is 7.48. The molecule has 0 aliphatic carbocycles. The highest BCUT2D eigenvalue weighted by molar-refractivity contribution is 6.03. The maximum absolute atomic E-state index is 11.4. The number of carboxylic acid groups (broad SMARTS) is 1. The molecule has 1 atom stereocenters. The van der Waals surface area contributed by atoms with Crippen LogP contribution in [-0.2, 0) is 7.05 Å². The van der Waals surface area contributed by atoms with Crippen LogP contribution in [0.2, 0.25) is 0 Å². The third-order valence-corrected chi connectivity index (χ3v) is 3.50. The van der Waals surface area contributed by atoms with E-state index in [9.17, 15) is 9.90 Å². The molecule has 0 amide bonds. The van der Waals surface area contributed by atoms with E-state index in [0.29, 0.717) is 17.9 Å². The van der Waals surface area contributed by atoms with Crippen molar-refractivity contribution in [3.05, 3.63) is 18.0 Å². The first-order chi connectivity index (χ1) is 9.08. The number of hydrogen-bond acceptors (Lipinski definition) is 5. The first-order valence-corrected chi connectivity index (χ1v) is 6.12. The van der Waals surface area contributed by atoms with Gasteiger partial charge in [-0.05, 0) is 6.42 Å². The third kappa shape index (κ3) is 1.82. The van der Waals surface area contributed by atoms with Crippen molar-refractivity contribution in [2.24, 2.45) is 12.8 Å². The molecule has 100 valence electrons. The van der Waals surface area contributed by atoms with E-state index < -0.39 is 5.97 Å². The van der Waals surface area contributed by atoms with Gasteiger partial charge in [-0.1, -0.05) is 0 Å². The Hall–Kier alpha value is -2.15. The highest BCUT2D eigenvalue weighted by atomic mass is 16.4. The first-order valence-electron chi connectivity index (χ1n) is 6.12. The number of hydrogen-bond donors (Lipinski definition) is 2. The molecule has 1 saturated heterocycles. The molecule has 3 rings (SSSR count). The zero-order valence-corrected chi connectivity index (χ0v) is 10.6. The number of nitrogens with two attached hydrogens (primary N) is 1. The quantitative estimate of drug-likeness (QED) is 0.801. The number of fused-ring (bicyclic) bond motifs is 1. The van der Waals surface area contributed by atoms with E-state index in [1.807, 2.05) is 4.90 Å². The van der Waals surface area contributed by atoms with E-state index in [0.717, 1.165) is 18.4 Å². The Morgan fingerprint density at radius 2 is 2.32 bits per heavy atom. The molecular weight excluding hydrogens is 246 g/mol. The molecule has 1 aliphatic heterocycles. The standard InChI is InChI=1S/C12H15N5O2/c1-16-11-8(5-15-16)10(9(4-14-11)12(18)19)17-3-2-7(13)6-17/h4-5,7H,2-3,6,13H2,1H3,(H,18,19). The maximum atomic E-state index is 11.4. The number of pyridine rings is 1. The Morgan fingerprint density at radius 3 is 2.95 bits per heavy atom. The average Bonchev–Trinajstić information content (AvgIpc) is 2.95. The van der Waals surface area contributed by atoms with Crippen molar-refractivity contribution in [3.8, 4) is 0 Å². The Labute approximate surface area is 109 Å². The molecule has 7 heteroatoms. The Kier molecular flexibility index (Phi) is 2.63. The highest BCUT2D eigenvalue weighted by Gasteiger charge is 2.26. The lowest BCUT2D eigenvalue weighted by Crippen LogP contribution is -2.27. The second-order valence-corrected chi connectivity index (χ2v) is 4.83.